The molecule has 1 amide bonds. The summed E-state index contributed by atoms with van der Waals surface area (Å²) in [7, 11) is 1.81. The number of carboxylic acids is 1. The lowest BCUT2D eigenvalue weighted by atomic mass is 9.87. The average molecular weight is 351 g/mol. The molecule has 0 bridgehead atoms. The van der Waals surface area contributed by atoms with Crippen LogP contribution in [0.25, 0.3) is 0 Å². The predicted molar refractivity (Wildman–Crippen MR) is 96.2 cm³/mol. The molecule has 0 unspecified atom stereocenters. The molecule has 1 saturated carbocycles. The van der Waals surface area contributed by atoms with Crippen molar-refractivity contribution >= 4 is 11.9 Å². The molecule has 134 valence electrons. The van der Waals surface area contributed by atoms with Crippen molar-refractivity contribution in [1.29, 1.82) is 0 Å². The molecule has 4 rings (SSSR count). The van der Waals surface area contributed by atoms with Gasteiger partial charge in [-0.2, -0.15) is 0 Å². The highest BCUT2D eigenvalue weighted by Gasteiger charge is 2.61. The van der Waals surface area contributed by atoms with E-state index in [-0.39, 0.29) is 22.8 Å². The van der Waals surface area contributed by atoms with E-state index in [1.807, 2.05) is 25.2 Å². The number of rotatable bonds is 4. The summed E-state index contributed by atoms with van der Waals surface area (Å²) in [4.78, 5) is 25.6. The Kier molecular flexibility index (Phi) is 3.94. The van der Waals surface area contributed by atoms with Crippen LogP contribution in [0.5, 0.6) is 5.75 Å². The Bertz CT molecular complexity index is 861. The maximum absolute atomic E-state index is 13.0. The zero-order valence-electron chi connectivity index (χ0n) is 14.6. The number of carboxylic acid groups (broad SMARTS) is 1. The van der Waals surface area contributed by atoms with Gasteiger partial charge in [-0.1, -0.05) is 30.3 Å². The molecule has 1 fully saturated rings. The van der Waals surface area contributed by atoms with Gasteiger partial charge in [-0.15, -0.1) is 0 Å². The second kappa shape index (κ2) is 6.16. The largest absolute Gasteiger partial charge is 0.493 e. The minimum atomic E-state index is -0.945. The molecule has 2 atom stereocenters. The number of benzene rings is 2. The maximum atomic E-state index is 13.0. The fourth-order valence-corrected chi connectivity index (χ4v) is 4.06. The van der Waals surface area contributed by atoms with Crippen LogP contribution < -0.4 is 4.74 Å². The van der Waals surface area contributed by atoms with Crippen molar-refractivity contribution in [1.82, 2.24) is 4.90 Å². The minimum Gasteiger partial charge on any atom is -0.493 e. The first-order valence-electron chi connectivity index (χ1n) is 8.81. The average Bonchev–Trinajstić information content (AvgIpc) is 3.36. The molecule has 1 spiro atoms. The van der Waals surface area contributed by atoms with Gasteiger partial charge >= 0.3 is 5.97 Å². The van der Waals surface area contributed by atoms with Crippen LogP contribution in [0, 0.1) is 5.92 Å². The van der Waals surface area contributed by atoms with E-state index in [0.717, 1.165) is 29.7 Å². The number of hydrogen-bond acceptors (Lipinski definition) is 3. The zero-order chi connectivity index (χ0) is 18.3. The van der Waals surface area contributed by atoms with E-state index in [2.05, 4.69) is 6.07 Å². The van der Waals surface area contributed by atoms with Gasteiger partial charge in [-0.25, -0.2) is 4.79 Å². The smallest absolute Gasteiger partial charge is 0.335 e. The van der Waals surface area contributed by atoms with E-state index >= 15 is 0 Å². The van der Waals surface area contributed by atoms with Gasteiger partial charge in [-0.05, 0) is 36.6 Å². The molecule has 1 heterocycles. The van der Waals surface area contributed by atoms with Crippen molar-refractivity contribution in [2.45, 2.75) is 24.8 Å². The molecule has 2 aromatic carbocycles. The van der Waals surface area contributed by atoms with Crippen LogP contribution in [0.3, 0.4) is 0 Å². The summed E-state index contributed by atoms with van der Waals surface area (Å²) in [6.45, 7) is 1.13. The van der Waals surface area contributed by atoms with E-state index in [9.17, 15) is 9.59 Å². The minimum absolute atomic E-state index is 0.00385. The summed E-state index contributed by atoms with van der Waals surface area (Å²) in [5.41, 5.74) is 2.26. The number of carbonyl (C=O) groups excluding carboxylic acids is 1. The highest BCUT2D eigenvalue weighted by molar-refractivity contribution is 5.87. The van der Waals surface area contributed by atoms with Gasteiger partial charge in [0.25, 0.3) is 0 Å². The van der Waals surface area contributed by atoms with E-state index in [1.54, 1.807) is 29.2 Å². The van der Waals surface area contributed by atoms with Gasteiger partial charge in [0, 0.05) is 30.5 Å². The number of ether oxygens (including phenoxy) is 1. The summed E-state index contributed by atoms with van der Waals surface area (Å²) in [5, 5.41) is 8.97. The highest BCUT2D eigenvalue weighted by atomic mass is 16.5. The summed E-state index contributed by atoms with van der Waals surface area (Å²) < 4.78 is 5.74. The topological polar surface area (TPSA) is 66.8 Å². The van der Waals surface area contributed by atoms with Crippen molar-refractivity contribution < 1.29 is 19.4 Å². The first-order chi connectivity index (χ1) is 12.5. The van der Waals surface area contributed by atoms with Gasteiger partial charge in [0.05, 0.1) is 12.2 Å². The molecule has 0 radical (unpaired) electrons. The molecule has 0 saturated heterocycles. The Morgan fingerprint density at radius 3 is 2.65 bits per heavy atom. The van der Waals surface area contributed by atoms with Gasteiger partial charge in [-0.3, -0.25) is 4.79 Å². The van der Waals surface area contributed by atoms with Crippen LogP contribution >= 0.6 is 0 Å². The second-order valence-electron chi connectivity index (χ2n) is 7.20. The third-order valence-electron chi connectivity index (χ3n) is 5.60. The number of para-hydroxylation sites is 1. The van der Waals surface area contributed by atoms with Crippen molar-refractivity contribution in [3.63, 3.8) is 0 Å². The Balaban J connectivity index is 1.47. The summed E-state index contributed by atoms with van der Waals surface area (Å²) in [5.74, 6) is 0.0971. The first-order valence-corrected chi connectivity index (χ1v) is 8.81. The van der Waals surface area contributed by atoms with Crippen LogP contribution in [0.15, 0.2) is 48.5 Å². The van der Waals surface area contributed by atoms with Gasteiger partial charge in [0.15, 0.2) is 0 Å². The maximum Gasteiger partial charge on any atom is 0.335 e. The third kappa shape index (κ3) is 2.73. The fourth-order valence-electron chi connectivity index (χ4n) is 4.06. The summed E-state index contributed by atoms with van der Waals surface area (Å²) >= 11 is 0. The standard InChI is InChI=1S/C21H21NO4/c1-22(13-14-6-8-15(9-7-14)20(24)25)19(23)17-12-21(17)10-11-26-18-5-3-2-4-16(18)21/h2-9,17H,10-13H2,1H3,(H,24,25)/t17-,21-/m0/s1. The Labute approximate surface area is 152 Å². The molecule has 2 aliphatic rings. The molecule has 1 aliphatic heterocycles. The molecular weight excluding hydrogens is 330 g/mol. The number of nitrogens with zero attached hydrogens (tertiary/aromatic N) is 1. The SMILES string of the molecule is CN(Cc1ccc(C(=O)O)cc1)C(=O)[C@@H]1C[C@]12CCOc1ccccc12. The van der Waals surface area contributed by atoms with Crippen molar-refractivity contribution in [2.24, 2.45) is 5.92 Å². The molecule has 2 aromatic rings. The molecule has 5 heteroatoms. The Hall–Kier alpha value is -2.82. The van der Waals surface area contributed by atoms with Gasteiger partial charge in [0.2, 0.25) is 5.91 Å². The van der Waals surface area contributed by atoms with Gasteiger partial charge in [0.1, 0.15) is 5.75 Å². The number of aromatic carboxylic acids is 1. The van der Waals surface area contributed by atoms with Crippen LogP contribution in [-0.2, 0) is 16.8 Å². The molecule has 1 N–H and O–H groups in total. The number of carbonyl (C=O) groups is 2. The van der Waals surface area contributed by atoms with Crippen LogP contribution in [0.4, 0.5) is 0 Å². The third-order valence-corrected chi connectivity index (χ3v) is 5.60. The van der Waals surface area contributed by atoms with E-state index in [4.69, 9.17) is 9.84 Å². The number of amides is 1. The first kappa shape index (κ1) is 16.6. The Morgan fingerprint density at radius 2 is 1.92 bits per heavy atom. The second-order valence-corrected chi connectivity index (χ2v) is 7.20. The lowest BCUT2D eigenvalue weighted by Crippen LogP contribution is -2.32. The summed E-state index contributed by atoms with van der Waals surface area (Å²) in [6, 6.07) is 14.7. The molecule has 26 heavy (non-hydrogen) atoms. The van der Waals surface area contributed by atoms with Crippen LogP contribution in [-0.4, -0.2) is 35.5 Å². The Morgan fingerprint density at radius 1 is 1.19 bits per heavy atom. The summed E-state index contributed by atoms with van der Waals surface area (Å²) in [6.07, 6.45) is 1.75. The molecule has 0 aromatic heterocycles. The molecule has 1 aliphatic carbocycles. The van der Waals surface area contributed by atoms with E-state index in [1.165, 1.54) is 0 Å². The number of fused-ring (bicyclic) bond motifs is 2. The lowest BCUT2D eigenvalue weighted by Gasteiger charge is -2.27. The van der Waals surface area contributed by atoms with E-state index < -0.39 is 5.97 Å². The monoisotopic (exact) mass is 351 g/mol. The van der Waals surface area contributed by atoms with Crippen molar-refractivity contribution in [3.05, 3.63) is 65.2 Å². The van der Waals surface area contributed by atoms with Crippen LogP contribution in [0.1, 0.15) is 34.3 Å². The molecular formula is C21H21NO4. The van der Waals surface area contributed by atoms with Crippen LogP contribution in [0.2, 0.25) is 0 Å². The van der Waals surface area contributed by atoms with E-state index in [0.29, 0.717) is 13.2 Å². The number of hydrogen-bond donors (Lipinski definition) is 1. The fraction of sp³-hybridized carbons (Fsp3) is 0.333. The van der Waals surface area contributed by atoms with Gasteiger partial charge < -0.3 is 14.7 Å². The molecule has 5 nitrogen and oxygen atoms in total. The lowest BCUT2D eigenvalue weighted by molar-refractivity contribution is -0.132. The van der Waals surface area contributed by atoms with Crippen molar-refractivity contribution in [3.8, 4) is 5.75 Å². The normalized spacial score (nSPS) is 23.0. The zero-order valence-corrected chi connectivity index (χ0v) is 14.6. The highest BCUT2D eigenvalue weighted by Crippen LogP contribution is 2.61. The quantitative estimate of drug-likeness (QED) is 0.919. The van der Waals surface area contributed by atoms with Crippen molar-refractivity contribution in [2.75, 3.05) is 13.7 Å². The predicted octanol–water partition coefficient (Wildman–Crippen LogP) is 3.08.